The second kappa shape index (κ2) is 7.39. The van der Waals surface area contributed by atoms with Crippen molar-refractivity contribution in [2.24, 2.45) is 0 Å². The standard InChI is InChI=1S/C18H17ClN2O4S/c1-25-18(22)9-11-21-10-8-13-12-15(4-7-17(13)21)20-26(23,24)16-5-2-14(19)3-6-16/h2-8,10,12,20H,9,11H2,1H3. The number of esters is 1. The average molecular weight is 393 g/mol. The van der Waals surface area contributed by atoms with Crippen LogP contribution >= 0.6 is 11.6 Å². The van der Waals surface area contributed by atoms with Crippen molar-refractivity contribution >= 4 is 44.2 Å². The van der Waals surface area contributed by atoms with Crippen LogP contribution in [-0.2, 0) is 26.1 Å². The van der Waals surface area contributed by atoms with Crippen molar-refractivity contribution in [1.82, 2.24) is 4.57 Å². The Kier molecular flexibility index (Phi) is 5.20. The van der Waals surface area contributed by atoms with Gasteiger partial charge in [-0.05, 0) is 48.5 Å². The third-order valence-corrected chi connectivity index (χ3v) is 5.58. The predicted molar refractivity (Wildman–Crippen MR) is 101 cm³/mol. The van der Waals surface area contributed by atoms with Crippen molar-refractivity contribution in [3.05, 3.63) is 59.8 Å². The monoisotopic (exact) mass is 392 g/mol. The lowest BCUT2D eigenvalue weighted by Gasteiger charge is -2.09. The fourth-order valence-corrected chi connectivity index (χ4v) is 3.78. The molecule has 6 nitrogen and oxygen atoms in total. The number of hydrogen-bond acceptors (Lipinski definition) is 4. The summed E-state index contributed by atoms with van der Waals surface area (Å²) >= 11 is 5.80. The Balaban J connectivity index is 1.81. The molecule has 1 heterocycles. The van der Waals surface area contributed by atoms with Gasteiger partial charge in [-0.3, -0.25) is 9.52 Å². The maximum absolute atomic E-state index is 12.5. The first-order valence-electron chi connectivity index (χ1n) is 7.83. The number of nitrogens with zero attached hydrogens (tertiary/aromatic N) is 1. The van der Waals surface area contributed by atoms with Crippen LogP contribution in [0.1, 0.15) is 6.42 Å². The second-order valence-corrected chi connectivity index (χ2v) is 7.79. The van der Waals surface area contributed by atoms with Crippen LogP contribution in [0.25, 0.3) is 10.9 Å². The third-order valence-electron chi connectivity index (χ3n) is 3.93. The first kappa shape index (κ1) is 18.3. The van der Waals surface area contributed by atoms with Crippen molar-refractivity contribution in [3.8, 4) is 0 Å². The summed E-state index contributed by atoms with van der Waals surface area (Å²) in [7, 11) is -2.34. The molecular weight excluding hydrogens is 376 g/mol. The molecule has 0 amide bonds. The van der Waals surface area contributed by atoms with E-state index < -0.39 is 10.0 Å². The topological polar surface area (TPSA) is 77.4 Å². The minimum Gasteiger partial charge on any atom is -0.469 e. The SMILES string of the molecule is COC(=O)CCn1ccc2cc(NS(=O)(=O)c3ccc(Cl)cc3)ccc21. The van der Waals surface area contributed by atoms with Gasteiger partial charge in [-0.15, -0.1) is 0 Å². The number of halogens is 1. The molecule has 1 aromatic heterocycles. The van der Waals surface area contributed by atoms with E-state index >= 15 is 0 Å². The van der Waals surface area contributed by atoms with Crippen molar-refractivity contribution in [3.63, 3.8) is 0 Å². The van der Waals surface area contributed by atoms with Crippen LogP contribution in [0.3, 0.4) is 0 Å². The summed E-state index contributed by atoms with van der Waals surface area (Å²) in [5.74, 6) is -0.279. The van der Waals surface area contributed by atoms with Crippen LogP contribution in [0.5, 0.6) is 0 Å². The molecule has 0 unspecified atom stereocenters. The largest absolute Gasteiger partial charge is 0.469 e. The highest BCUT2D eigenvalue weighted by atomic mass is 35.5. The third kappa shape index (κ3) is 4.00. The van der Waals surface area contributed by atoms with E-state index in [0.717, 1.165) is 10.9 Å². The Morgan fingerprint density at radius 3 is 2.58 bits per heavy atom. The number of methoxy groups -OCH3 is 1. The number of sulfonamides is 1. The van der Waals surface area contributed by atoms with Gasteiger partial charge in [0.05, 0.1) is 18.4 Å². The minimum atomic E-state index is -3.69. The van der Waals surface area contributed by atoms with Gasteiger partial charge in [0, 0.05) is 34.4 Å². The zero-order valence-corrected chi connectivity index (χ0v) is 15.5. The van der Waals surface area contributed by atoms with Crippen molar-refractivity contribution in [1.29, 1.82) is 0 Å². The van der Waals surface area contributed by atoms with Gasteiger partial charge < -0.3 is 9.30 Å². The Labute approximate surface area is 156 Å². The minimum absolute atomic E-state index is 0.137. The van der Waals surface area contributed by atoms with E-state index in [-0.39, 0.29) is 17.3 Å². The molecule has 2 aromatic carbocycles. The number of aromatic nitrogens is 1. The Morgan fingerprint density at radius 2 is 1.88 bits per heavy atom. The van der Waals surface area contributed by atoms with E-state index in [2.05, 4.69) is 9.46 Å². The van der Waals surface area contributed by atoms with Crippen LogP contribution in [0.15, 0.2) is 59.6 Å². The molecule has 0 aliphatic heterocycles. The molecule has 0 aliphatic rings. The van der Waals surface area contributed by atoms with E-state index in [1.54, 1.807) is 12.1 Å². The van der Waals surface area contributed by atoms with E-state index in [9.17, 15) is 13.2 Å². The number of hydrogen-bond donors (Lipinski definition) is 1. The summed E-state index contributed by atoms with van der Waals surface area (Å²) in [6.45, 7) is 0.492. The molecular formula is C18H17ClN2O4S. The number of fused-ring (bicyclic) bond motifs is 1. The Morgan fingerprint density at radius 1 is 1.15 bits per heavy atom. The quantitative estimate of drug-likeness (QED) is 0.649. The molecule has 8 heteroatoms. The highest BCUT2D eigenvalue weighted by Crippen LogP contribution is 2.23. The van der Waals surface area contributed by atoms with Crippen LogP contribution in [-0.4, -0.2) is 26.1 Å². The molecule has 0 saturated heterocycles. The fourth-order valence-electron chi connectivity index (χ4n) is 2.60. The molecule has 0 radical (unpaired) electrons. The first-order valence-corrected chi connectivity index (χ1v) is 9.69. The first-order chi connectivity index (χ1) is 12.4. The highest BCUT2D eigenvalue weighted by Gasteiger charge is 2.14. The molecule has 0 aliphatic carbocycles. The number of carbonyl (C=O) groups excluding carboxylic acids is 1. The zero-order chi connectivity index (χ0) is 18.7. The van der Waals surface area contributed by atoms with Gasteiger partial charge in [0.2, 0.25) is 0 Å². The lowest BCUT2D eigenvalue weighted by molar-refractivity contribution is -0.140. The molecule has 0 fully saturated rings. The number of ether oxygens (including phenoxy) is 1. The molecule has 0 bridgehead atoms. The van der Waals surface area contributed by atoms with Crippen molar-refractivity contribution in [2.75, 3.05) is 11.8 Å². The predicted octanol–water partition coefficient (Wildman–Crippen LogP) is 3.66. The van der Waals surface area contributed by atoms with Gasteiger partial charge in [-0.25, -0.2) is 8.42 Å². The number of benzene rings is 2. The lowest BCUT2D eigenvalue weighted by atomic mass is 10.2. The maximum Gasteiger partial charge on any atom is 0.307 e. The van der Waals surface area contributed by atoms with Gasteiger partial charge in [-0.2, -0.15) is 0 Å². The van der Waals surface area contributed by atoms with Crippen molar-refractivity contribution in [2.45, 2.75) is 17.9 Å². The highest BCUT2D eigenvalue weighted by molar-refractivity contribution is 7.92. The fraction of sp³-hybridized carbons (Fsp3) is 0.167. The van der Waals surface area contributed by atoms with Gasteiger partial charge in [0.25, 0.3) is 10.0 Å². The van der Waals surface area contributed by atoms with E-state index in [4.69, 9.17) is 11.6 Å². The molecule has 136 valence electrons. The number of carbonyl (C=O) groups is 1. The van der Waals surface area contributed by atoms with Crippen LogP contribution in [0.4, 0.5) is 5.69 Å². The number of rotatable bonds is 6. The van der Waals surface area contributed by atoms with Gasteiger partial charge >= 0.3 is 5.97 Å². The lowest BCUT2D eigenvalue weighted by Crippen LogP contribution is -2.12. The van der Waals surface area contributed by atoms with E-state index in [0.29, 0.717) is 17.3 Å². The summed E-state index contributed by atoms with van der Waals surface area (Å²) in [5.41, 5.74) is 1.36. The number of nitrogens with one attached hydrogen (secondary N) is 1. The van der Waals surface area contributed by atoms with Crippen molar-refractivity contribution < 1.29 is 17.9 Å². The molecule has 3 aromatic rings. The summed E-state index contributed by atoms with van der Waals surface area (Å²) < 4.78 is 34.0. The molecule has 0 spiro atoms. The second-order valence-electron chi connectivity index (χ2n) is 5.67. The van der Waals surface area contributed by atoms with E-state index in [1.807, 2.05) is 22.9 Å². The van der Waals surface area contributed by atoms with Crippen LogP contribution < -0.4 is 4.72 Å². The van der Waals surface area contributed by atoms with Crippen LogP contribution in [0.2, 0.25) is 5.02 Å². The normalized spacial score (nSPS) is 11.5. The average Bonchev–Trinajstić information content (AvgIpc) is 3.02. The summed E-state index contributed by atoms with van der Waals surface area (Å²) in [4.78, 5) is 11.4. The molecule has 1 N–H and O–H groups in total. The molecule has 26 heavy (non-hydrogen) atoms. The Bertz CT molecular complexity index is 1040. The molecule has 3 rings (SSSR count). The molecule has 0 saturated carbocycles. The summed E-state index contributed by atoms with van der Waals surface area (Å²) in [6, 6.07) is 13.1. The zero-order valence-electron chi connectivity index (χ0n) is 14.0. The number of aryl methyl sites for hydroxylation is 1. The molecule has 0 atom stereocenters. The van der Waals surface area contributed by atoms with Gasteiger partial charge in [0.15, 0.2) is 0 Å². The van der Waals surface area contributed by atoms with Gasteiger partial charge in [-0.1, -0.05) is 11.6 Å². The Hall–Kier alpha value is -2.51. The van der Waals surface area contributed by atoms with E-state index in [1.165, 1.54) is 31.4 Å². The smallest absolute Gasteiger partial charge is 0.307 e. The maximum atomic E-state index is 12.5. The van der Waals surface area contributed by atoms with Gasteiger partial charge in [0.1, 0.15) is 0 Å². The van der Waals surface area contributed by atoms with Crippen LogP contribution in [0, 0.1) is 0 Å². The summed E-state index contributed by atoms with van der Waals surface area (Å²) in [6.07, 6.45) is 2.12. The number of anilines is 1. The summed E-state index contributed by atoms with van der Waals surface area (Å²) in [5, 5.41) is 1.34.